The predicted molar refractivity (Wildman–Crippen MR) is 115 cm³/mol. The van der Waals surface area contributed by atoms with Crippen LogP contribution in [-0.4, -0.2) is 16.8 Å². The minimum atomic E-state index is -0.199. The van der Waals surface area contributed by atoms with Crippen LogP contribution in [0.3, 0.4) is 0 Å². The van der Waals surface area contributed by atoms with Crippen molar-refractivity contribution in [3.8, 4) is 17.0 Å². The Kier molecular flexibility index (Phi) is 5.61. The second kappa shape index (κ2) is 7.92. The van der Waals surface area contributed by atoms with Crippen molar-refractivity contribution in [2.45, 2.75) is 40.2 Å². The first kappa shape index (κ1) is 19.1. The lowest BCUT2D eigenvalue weighted by molar-refractivity contribution is 0.131. The van der Waals surface area contributed by atoms with Gasteiger partial charge in [-0.1, -0.05) is 12.1 Å². The lowest BCUT2D eigenvalue weighted by atomic mass is 10.1. The monoisotopic (exact) mass is 379 g/mol. The minimum Gasteiger partial charge on any atom is -0.488 e. The summed E-state index contributed by atoms with van der Waals surface area (Å²) in [5, 5.41) is 7.10. The fourth-order valence-corrected chi connectivity index (χ4v) is 3.16. The van der Waals surface area contributed by atoms with Crippen molar-refractivity contribution in [2.24, 2.45) is 5.10 Å². The van der Waals surface area contributed by atoms with Crippen molar-refractivity contribution in [1.82, 2.24) is 4.98 Å². The molecule has 3 aromatic rings. The lowest BCUT2D eigenvalue weighted by Gasteiger charge is -2.21. The van der Waals surface area contributed by atoms with Crippen LogP contribution in [0.5, 0.6) is 5.75 Å². The van der Waals surface area contributed by atoms with Crippen LogP contribution >= 0.6 is 11.3 Å². The molecule has 4 nitrogen and oxygen atoms in total. The lowest BCUT2D eigenvalue weighted by Crippen LogP contribution is -2.22. The molecule has 0 aliphatic rings. The van der Waals surface area contributed by atoms with E-state index >= 15 is 0 Å². The number of benzene rings is 2. The SMILES string of the molecule is Cc1ccc(-c2csc(N/N=C\c3ccc(OC(C)(C)C)cc3)n2)cc1C. The van der Waals surface area contributed by atoms with E-state index in [0.717, 1.165) is 27.7 Å². The molecule has 0 radical (unpaired) electrons. The molecular formula is C22H25N3OS. The highest BCUT2D eigenvalue weighted by Gasteiger charge is 2.11. The van der Waals surface area contributed by atoms with Crippen LogP contribution in [0.2, 0.25) is 0 Å². The predicted octanol–water partition coefficient (Wildman–Crippen LogP) is 6.05. The number of hydrogen-bond donors (Lipinski definition) is 1. The smallest absolute Gasteiger partial charge is 0.203 e. The molecule has 0 fully saturated rings. The number of nitrogens with zero attached hydrogens (tertiary/aromatic N) is 2. The summed E-state index contributed by atoms with van der Waals surface area (Å²) >= 11 is 1.54. The third kappa shape index (κ3) is 5.41. The van der Waals surface area contributed by atoms with Crippen LogP contribution in [0.25, 0.3) is 11.3 Å². The first-order valence-electron chi connectivity index (χ1n) is 8.91. The van der Waals surface area contributed by atoms with E-state index < -0.39 is 0 Å². The number of nitrogens with one attached hydrogen (secondary N) is 1. The Morgan fingerprint density at radius 2 is 1.78 bits per heavy atom. The molecule has 27 heavy (non-hydrogen) atoms. The summed E-state index contributed by atoms with van der Waals surface area (Å²) in [6.07, 6.45) is 1.78. The van der Waals surface area contributed by atoms with Gasteiger partial charge in [0.05, 0.1) is 11.9 Å². The fourth-order valence-electron chi connectivity index (χ4n) is 2.50. The molecule has 140 valence electrons. The van der Waals surface area contributed by atoms with E-state index in [1.165, 1.54) is 11.1 Å². The molecule has 2 aromatic carbocycles. The zero-order valence-electron chi connectivity index (χ0n) is 16.4. The summed E-state index contributed by atoms with van der Waals surface area (Å²) in [4.78, 5) is 4.61. The molecule has 1 heterocycles. The van der Waals surface area contributed by atoms with E-state index in [1.54, 1.807) is 17.6 Å². The summed E-state index contributed by atoms with van der Waals surface area (Å²) in [6.45, 7) is 10.3. The molecule has 1 N–H and O–H groups in total. The summed E-state index contributed by atoms with van der Waals surface area (Å²) < 4.78 is 5.82. The summed E-state index contributed by atoms with van der Waals surface area (Å²) in [6, 6.07) is 14.3. The van der Waals surface area contributed by atoms with Crippen molar-refractivity contribution in [3.05, 3.63) is 64.5 Å². The Morgan fingerprint density at radius 1 is 1.04 bits per heavy atom. The van der Waals surface area contributed by atoms with Crippen LogP contribution in [-0.2, 0) is 0 Å². The molecule has 0 atom stereocenters. The van der Waals surface area contributed by atoms with Crippen molar-refractivity contribution in [2.75, 3.05) is 5.43 Å². The van der Waals surface area contributed by atoms with Gasteiger partial charge in [-0.3, -0.25) is 5.43 Å². The number of aromatic nitrogens is 1. The molecule has 0 saturated carbocycles. The van der Waals surface area contributed by atoms with Gasteiger partial charge in [0.25, 0.3) is 0 Å². The first-order valence-corrected chi connectivity index (χ1v) is 9.79. The van der Waals surface area contributed by atoms with E-state index in [1.807, 2.05) is 50.4 Å². The summed E-state index contributed by atoms with van der Waals surface area (Å²) in [7, 11) is 0. The van der Waals surface area contributed by atoms with Crippen molar-refractivity contribution in [1.29, 1.82) is 0 Å². The summed E-state index contributed by atoms with van der Waals surface area (Å²) in [5.41, 5.74) is 8.45. The molecule has 0 saturated heterocycles. The zero-order chi connectivity index (χ0) is 19.4. The van der Waals surface area contributed by atoms with Crippen LogP contribution in [0.1, 0.15) is 37.5 Å². The number of rotatable bonds is 5. The molecule has 5 heteroatoms. The van der Waals surface area contributed by atoms with Gasteiger partial charge in [-0.05, 0) is 81.6 Å². The average molecular weight is 380 g/mol. The number of ether oxygens (including phenoxy) is 1. The van der Waals surface area contributed by atoms with Crippen molar-refractivity contribution < 1.29 is 4.74 Å². The third-order valence-electron chi connectivity index (χ3n) is 3.98. The average Bonchev–Trinajstić information content (AvgIpc) is 3.06. The van der Waals surface area contributed by atoms with Crippen LogP contribution in [0, 0.1) is 13.8 Å². The Balaban J connectivity index is 1.62. The maximum atomic E-state index is 5.82. The maximum Gasteiger partial charge on any atom is 0.203 e. The van der Waals surface area contributed by atoms with Gasteiger partial charge in [-0.25, -0.2) is 4.98 Å². The van der Waals surface area contributed by atoms with Gasteiger partial charge < -0.3 is 4.74 Å². The quantitative estimate of drug-likeness (QED) is 0.433. The Bertz CT molecular complexity index is 937. The van der Waals surface area contributed by atoms with Crippen LogP contribution < -0.4 is 10.2 Å². The molecule has 3 rings (SSSR count). The largest absolute Gasteiger partial charge is 0.488 e. The number of hydrogen-bond acceptors (Lipinski definition) is 5. The molecule has 0 spiro atoms. The Hall–Kier alpha value is -2.66. The highest BCUT2D eigenvalue weighted by atomic mass is 32.1. The molecule has 0 aliphatic carbocycles. The number of thiazole rings is 1. The van der Waals surface area contributed by atoms with Gasteiger partial charge in [0.15, 0.2) is 0 Å². The molecule has 0 bridgehead atoms. The zero-order valence-corrected chi connectivity index (χ0v) is 17.2. The van der Waals surface area contributed by atoms with Gasteiger partial charge in [0.1, 0.15) is 11.4 Å². The van der Waals surface area contributed by atoms with E-state index in [9.17, 15) is 0 Å². The first-order chi connectivity index (χ1) is 12.8. The molecule has 0 aliphatic heterocycles. The van der Waals surface area contributed by atoms with Gasteiger partial charge in [-0.2, -0.15) is 5.10 Å². The topological polar surface area (TPSA) is 46.5 Å². The van der Waals surface area contributed by atoms with Crippen LogP contribution in [0.15, 0.2) is 52.9 Å². The third-order valence-corrected chi connectivity index (χ3v) is 4.73. The highest BCUT2D eigenvalue weighted by Crippen LogP contribution is 2.26. The van der Waals surface area contributed by atoms with E-state index in [4.69, 9.17) is 4.74 Å². The maximum absolute atomic E-state index is 5.82. The molecule has 0 unspecified atom stereocenters. The number of anilines is 1. The Labute approximate surface area is 164 Å². The minimum absolute atomic E-state index is 0.199. The van der Waals surface area contributed by atoms with Crippen molar-refractivity contribution >= 4 is 22.7 Å². The van der Waals surface area contributed by atoms with Crippen molar-refractivity contribution in [3.63, 3.8) is 0 Å². The normalized spacial score (nSPS) is 11.7. The second-order valence-corrected chi connectivity index (χ2v) is 8.35. The number of hydrazone groups is 1. The number of aryl methyl sites for hydroxylation is 2. The standard InChI is InChI=1S/C22H25N3OS/c1-15-6-9-18(12-16(15)2)20-14-27-21(24-20)25-23-13-17-7-10-19(11-8-17)26-22(3,4)5/h6-14H,1-5H3,(H,24,25)/b23-13-. The fraction of sp³-hybridized carbons (Fsp3) is 0.273. The molecule has 0 amide bonds. The second-order valence-electron chi connectivity index (χ2n) is 7.49. The van der Waals surface area contributed by atoms with Gasteiger partial charge in [-0.15, -0.1) is 11.3 Å². The summed E-state index contributed by atoms with van der Waals surface area (Å²) in [5.74, 6) is 0.852. The Morgan fingerprint density at radius 3 is 2.44 bits per heavy atom. The van der Waals surface area contributed by atoms with E-state index in [2.05, 4.69) is 47.6 Å². The van der Waals surface area contributed by atoms with Gasteiger partial charge >= 0.3 is 0 Å². The van der Waals surface area contributed by atoms with E-state index in [-0.39, 0.29) is 5.60 Å². The van der Waals surface area contributed by atoms with Gasteiger partial charge in [0, 0.05) is 10.9 Å². The highest BCUT2D eigenvalue weighted by molar-refractivity contribution is 7.14. The molecule has 1 aromatic heterocycles. The molecular weight excluding hydrogens is 354 g/mol. The van der Waals surface area contributed by atoms with E-state index in [0.29, 0.717) is 0 Å². The van der Waals surface area contributed by atoms with Crippen LogP contribution in [0.4, 0.5) is 5.13 Å². The van der Waals surface area contributed by atoms with Gasteiger partial charge in [0.2, 0.25) is 5.13 Å².